The highest BCUT2D eigenvalue weighted by Crippen LogP contribution is 1.87. The molecule has 1 N–H and O–H groups in total. The number of nitrogens with one attached hydrogen (secondary N) is 1. The van der Waals surface area contributed by atoms with Crippen LogP contribution in [0.3, 0.4) is 0 Å². The van der Waals surface area contributed by atoms with E-state index in [1.165, 1.54) is 0 Å². The first kappa shape index (κ1) is 15.0. The highest BCUT2D eigenvalue weighted by Gasteiger charge is 2.02. The molecular formula is C9H19ClN2O. The van der Waals surface area contributed by atoms with Crippen LogP contribution >= 0.6 is 12.4 Å². The van der Waals surface area contributed by atoms with Crippen molar-refractivity contribution in [3.63, 3.8) is 0 Å². The van der Waals surface area contributed by atoms with Gasteiger partial charge in [-0.3, -0.25) is 9.69 Å². The molecule has 0 aliphatic rings. The van der Waals surface area contributed by atoms with Gasteiger partial charge in [-0.2, -0.15) is 0 Å². The van der Waals surface area contributed by atoms with Gasteiger partial charge in [0.05, 0.1) is 6.67 Å². The van der Waals surface area contributed by atoms with Gasteiger partial charge in [-0.05, 0) is 20.0 Å². The van der Waals surface area contributed by atoms with E-state index in [0.29, 0.717) is 12.2 Å². The molecule has 0 saturated heterocycles. The van der Waals surface area contributed by atoms with E-state index in [1.807, 2.05) is 0 Å². The van der Waals surface area contributed by atoms with Crippen LogP contribution in [-0.4, -0.2) is 30.6 Å². The van der Waals surface area contributed by atoms with Crippen LogP contribution in [0.1, 0.15) is 20.8 Å². The predicted molar refractivity (Wildman–Crippen MR) is 58.0 cm³/mol. The van der Waals surface area contributed by atoms with Gasteiger partial charge in [-0.15, -0.1) is 12.4 Å². The van der Waals surface area contributed by atoms with Gasteiger partial charge >= 0.3 is 0 Å². The largest absolute Gasteiger partial charge is 0.340 e. The smallest absolute Gasteiger partial charge is 0.247 e. The lowest BCUT2D eigenvalue weighted by molar-refractivity contribution is -0.118. The predicted octanol–water partition coefficient (Wildman–Crippen LogP) is 1.40. The molecule has 13 heavy (non-hydrogen) atoms. The lowest BCUT2D eigenvalue weighted by Gasteiger charge is -2.18. The maximum Gasteiger partial charge on any atom is 0.247 e. The third-order valence-corrected chi connectivity index (χ3v) is 1.75. The molecule has 78 valence electrons. The molecule has 0 heterocycles. The maximum absolute atomic E-state index is 11.0. The number of carbonyl (C=O) groups excluding carboxylic acids is 1. The Bertz CT molecular complexity index is 167. The molecule has 0 unspecified atom stereocenters. The second kappa shape index (κ2) is 8.08. The number of hydrogen-bond donors (Lipinski definition) is 1. The summed E-state index contributed by atoms with van der Waals surface area (Å²) in [6.07, 6.45) is 0. The van der Waals surface area contributed by atoms with Crippen LogP contribution in [-0.2, 0) is 4.79 Å². The summed E-state index contributed by atoms with van der Waals surface area (Å²) in [4.78, 5) is 13.2. The summed E-state index contributed by atoms with van der Waals surface area (Å²) in [6.45, 7) is 11.9. The zero-order chi connectivity index (χ0) is 9.56. The Labute approximate surface area is 86.6 Å². The Hall–Kier alpha value is -0.540. The fraction of sp³-hybridized carbons (Fsp3) is 0.667. The van der Waals surface area contributed by atoms with Crippen molar-refractivity contribution in [3.8, 4) is 0 Å². The van der Waals surface area contributed by atoms with Crippen molar-refractivity contribution in [1.29, 1.82) is 0 Å². The second-order valence-electron chi connectivity index (χ2n) is 2.75. The molecule has 0 bridgehead atoms. The normalized spacial score (nSPS) is 9.23. The lowest BCUT2D eigenvalue weighted by atomic mass is 10.3. The number of amides is 1. The standard InChI is InChI=1S/C9H18N2O.ClH/c1-5-11(6-2)7-10-9(12)8(3)4;/h3,5-7H2,1-2,4H3,(H,10,12);1H. The number of hydrogen-bond acceptors (Lipinski definition) is 2. The quantitative estimate of drug-likeness (QED) is 0.545. The van der Waals surface area contributed by atoms with E-state index in [4.69, 9.17) is 0 Å². The van der Waals surface area contributed by atoms with Crippen LogP contribution < -0.4 is 5.32 Å². The number of carbonyl (C=O) groups is 1. The van der Waals surface area contributed by atoms with E-state index < -0.39 is 0 Å². The molecule has 3 nitrogen and oxygen atoms in total. The van der Waals surface area contributed by atoms with Crippen LogP contribution in [0.2, 0.25) is 0 Å². The summed E-state index contributed by atoms with van der Waals surface area (Å²) in [5, 5.41) is 2.77. The van der Waals surface area contributed by atoms with E-state index in [-0.39, 0.29) is 18.3 Å². The minimum atomic E-state index is -0.0677. The van der Waals surface area contributed by atoms with Gasteiger partial charge in [0.25, 0.3) is 0 Å². The van der Waals surface area contributed by atoms with Gasteiger partial charge in [0, 0.05) is 5.57 Å². The first-order chi connectivity index (χ1) is 5.61. The lowest BCUT2D eigenvalue weighted by Crippen LogP contribution is -2.37. The van der Waals surface area contributed by atoms with E-state index in [1.54, 1.807) is 6.92 Å². The minimum Gasteiger partial charge on any atom is -0.340 e. The monoisotopic (exact) mass is 206 g/mol. The molecule has 0 radical (unpaired) electrons. The molecule has 0 aromatic carbocycles. The molecule has 0 spiro atoms. The SMILES string of the molecule is C=C(C)C(=O)NCN(CC)CC.Cl. The van der Waals surface area contributed by atoms with Gasteiger partial charge < -0.3 is 5.32 Å². The van der Waals surface area contributed by atoms with E-state index in [2.05, 4.69) is 30.6 Å². The Balaban J connectivity index is 0. The number of rotatable bonds is 5. The average molecular weight is 207 g/mol. The zero-order valence-corrected chi connectivity index (χ0v) is 9.41. The van der Waals surface area contributed by atoms with Gasteiger partial charge in [0.1, 0.15) is 0 Å². The Morgan fingerprint density at radius 3 is 2.15 bits per heavy atom. The summed E-state index contributed by atoms with van der Waals surface area (Å²) in [5.41, 5.74) is 0.558. The maximum atomic E-state index is 11.0. The van der Waals surface area contributed by atoms with E-state index in [9.17, 15) is 4.79 Å². The van der Waals surface area contributed by atoms with Gasteiger partial charge in [0.15, 0.2) is 0 Å². The third-order valence-electron chi connectivity index (χ3n) is 1.75. The van der Waals surface area contributed by atoms with Crippen molar-refractivity contribution in [2.24, 2.45) is 0 Å². The van der Waals surface area contributed by atoms with Crippen LogP contribution in [0.5, 0.6) is 0 Å². The number of nitrogens with zero attached hydrogens (tertiary/aromatic N) is 1. The Morgan fingerprint density at radius 1 is 1.38 bits per heavy atom. The van der Waals surface area contributed by atoms with Crippen molar-refractivity contribution in [1.82, 2.24) is 10.2 Å². The van der Waals surface area contributed by atoms with Crippen molar-refractivity contribution < 1.29 is 4.79 Å². The first-order valence-corrected chi connectivity index (χ1v) is 4.27. The van der Waals surface area contributed by atoms with Crippen molar-refractivity contribution in [2.75, 3.05) is 19.8 Å². The summed E-state index contributed by atoms with van der Waals surface area (Å²) in [7, 11) is 0. The van der Waals surface area contributed by atoms with Crippen molar-refractivity contribution >= 4 is 18.3 Å². The molecule has 0 aliphatic carbocycles. The fourth-order valence-corrected chi connectivity index (χ4v) is 0.782. The summed E-state index contributed by atoms with van der Waals surface area (Å²) in [6, 6.07) is 0. The molecular weight excluding hydrogens is 188 g/mol. The zero-order valence-electron chi connectivity index (χ0n) is 8.59. The average Bonchev–Trinajstić information content (AvgIpc) is 2.05. The molecule has 0 atom stereocenters. The number of halogens is 1. The fourth-order valence-electron chi connectivity index (χ4n) is 0.782. The van der Waals surface area contributed by atoms with E-state index >= 15 is 0 Å². The van der Waals surface area contributed by atoms with Crippen LogP contribution in [0.15, 0.2) is 12.2 Å². The third kappa shape index (κ3) is 6.61. The molecule has 0 saturated carbocycles. The Kier molecular flexibility index (Phi) is 9.29. The Morgan fingerprint density at radius 2 is 1.85 bits per heavy atom. The van der Waals surface area contributed by atoms with Crippen molar-refractivity contribution in [2.45, 2.75) is 20.8 Å². The highest BCUT2D eigenvalue weighted by molar-refractivity contribution is 5.91. The van der Waals surface area contributed by atoms with Crippen LogP contribution in [0.4, 0.5) is 0 Å². The first-order valence-electron chi connectivity index (χ1n) is 4.27. The van der Waals surface area contributed by atoms with Crippen molar-refractivity contribution in [3.05, 3.63) is 12.2 Å². The second-order valence-corrected chi connectivity index (χ2v) is 2.75. The summed E-state index contributed by atoms with van der Waals surface area (Å²) < 4.78 is 0. The van der Waals surface area contributed by atoms with E-state index in [0.717, 1.165) is 13.1 Å². The summed E-state index contributed by atoms with van der Waals surface area (Å²) in [5.74, 6) is -0.0677. The van der Waals surface area contributed by atoms with Crippen LogP contribution in [0, 0.1) is 0 Å². The van der Waals surface area contributed by atoms with Gasteiger partial charge in [0.2, 0.25) is 5.91 Å². The topological polar surface area (TPSA) is 32.3 Å². The van der Waals surface area contributed by atoms with Gasteiger partial charge in [-0.25, -0.2) is 0 Å². The van der Waals surface area contributed by atoms with Gasteiger partial charge in [-0.1, -0.05) is 20.4 Å². The summed E-state index contributed by atoms with van der Waals surface area (Å²) >= 11 is 0. The molecule has 0 aliphatic heterocycles. The highest BCUT2D eigenvalue weighted by atomic mass is 35.5. The molecule has 0 aromatic heterocycles. The molecule has 0 aromatic rings. The molecule has 0 fully saturated rings. The molecule has 4 heteroatoms. The molecule has 1 amide bonds. The minimum absolute atomic E-state index is 0. The molecule has 0 rings (SSSR count). The van der Waals surface area contributed by atoms with Crippen LogP contribution in [0.25, 0.3) is 0 Å².